The van der Waals surface area contributed by atoms with E-state index in [1.807, 2.05) is 12.1 Å². The maximum atomic E-state index is 11.3. The number of aromatic nitrogens is 1. The average Bonchev–Trinajstić information content (AvgIpc) is 2.53. The van der Waals surface area contributed by atoms with E-state index >= 15 is 0 Å². The van der Waals surface area contributed by atoms with E-state index in [1.54, 1.807) is 24.9 Å². The summed E-state index contributed by atoms with van der Waals surface area (Å²) in [6.45, 7) is 4.11. The van der Waals surface area contributed by atoms with Crippen LogP contribution >= 0.6 is 11.8 Å². The van der Waals surface area contributed by atoms with E-state index in [0.717, 1.165) is 28.4 Å². The normalized spacial score (nSPS) is 25.5. The molecule has 0 aromatic carbocycles. The molecule has 2 fully saturated rings. The highest BCUT2D eigenvalue weighted by Gasteiger charge is 2.32. The number of nitrogens with one attached hydrogen (secondary N) is 1. The fraction of sp³-hybridized carbons (Fsp3) is 0.647. The fourth-order valence-corrected chi connectivity index (χ4v) is 4.92. The first-order chi connectivity index (χ1) is 10.7. The Morgan fingerprint density at radius 3 is 3.09 bits per heavy atom. The molecule has 22 heavy (non-hydrogen) atoms. The Kier molecular flexibility index (Phi) is 5.37. The number of thioether (sulfide) groups is 1. The van der Waals surface area contributed by atoms with Crippen molar-refractivity contribution < 1.29 is 4.79 Å². The molecule has 0 aliphatic carbocycles. The van der Waals surface area contributed by atoms with E-state index in [4.69, 9.17) is 0 Å². The molecule has 2 aliphatic heterocycles. The van der Waals surface area contributed by atoms with Crippen molar-refractivity contribution in [3.8, 4) is 0 Å². The molecule has 2 saturated heterocycles. The average molecular weight is 319 g/mol. The van der Waals surface area contributed by atoms with Gasteiger partial charge in [-0.2, -0.15) is 0 Å². The summed E-state index contributed by atoms with van der Waals surface area (Å²) in [4.78, 5) is 18.5. The van der Waals surface area contributed by atoms with E-state index in [0.29, 0.717) is 0 Å². The molecule has 1 N–H and O–H groups in total. The quantitative estimate of drug-likeness (QED) is 0.864. The minimum atomic E-state index is -0.0361. The number of carbonyl (C=O) groups is 1. The zero-order valence-corrected chi connectivity index (χ0v) is 14.1. The van der Waals surface area contributed by atoms with Crippen molar-refractivity contribution in [1.29, 1.82) is 0 Å². The van der Waals surface area contributed by atoms with E-state index in [9.17, 15) is 4.79 Å². The Bertz CT molecular complexity index is 520. The van der Waals surface area contributed by atoms with Crippen molar-refractivity contribution in [3.63, 3.8) is 0 Å². The lowest BCUT2D eigenvalue weighted by atomic mass is 9.85. The molecule has 3 heterocycles. The summed E-state index contributed by atoms with van der Waals surface area (Å²) < 4.78 is 0. The van der Waals surface area contributed by atoms with Crippen LogP contribution in [0.1, 0.15) is 39.0 Å². The van der Waals surface area contributed by atoms with Crippen LogP contribution in [0.2, 0.25) is 0 Å². The number of carbonyl (C=O) groups excluding carboxylic acids is 1. The predicted octanol–water partition coefficient (Wildman–Crippen LogP) is 3.40. The van der Waals surface area contributed by atoms with Crippen LogP contribution in [0.3, 0.4) is 0 Å². The number of pyridine rings is 1. The number of rotatable bonds is 4. The Morgan fingerprint density at radius 1 is 1.36 bits per heavy atom. The van der Waals surface area contributed by atoms with E-state index < -0.39 is 0 Å². The minimum absolute atomic E-state index is 0.0361. The third-order valence-corrected chi connectivity index (χ3v) is 5.94. The lowest BCUT2D eigenvalue weighted by Gasteiger charge is -2.44. The van der Waals surface area contributed by atoms with Gasteiger partial charge in [-0.15, -0.1) is 11.8 Å². The molecule has 2 aliphatic rings. The Hall–Kier alpha value is -1.07. The van der Waals surface area contributed by atoms with Crippen LogP contribution in [0.5, 0.6) is 0 Å². The van der Waals surface area contributed by atoms with Gasteiger partial charge in [-0.1, -0.05) is 6.42 Å². The number of fused-ring (bicyclic) bond motifs is 1. The molecule has 120 valence electrons. The first-order valence-corrected chi connectivity index (χ1v) is 9.32. The van der Waals surface area contributed by atoms with Crippen molar-refractivity contribution in [2.24, 2.45) is 5.92 Å². The molecular weight excluding hydrogens is 294 g/mol. The number of nitrogens with zero attached hydrogens (tertiary/aromatic N) is 2. The minimum Gasteiger partial charge on any atom is -0.324 e. The van der Waals surface area contributed by atoms with Gasteiger partial charge in [0.1, 0.15) is 5.03 Å². The van der Waals surface area contributed by atoms with Crippen LogP contribution in [0, 0.1) is 5.92 Å². The maximum absolute atomic E-state index is 11.3. The molecular formula is C17H25N3OS. The summed E-state index contributed by atoms with van der Waals surface area (Å²) in [5.74, 6) is 1.82. The first-order valence-electron chi connectivity index (χ1n) is 8.33. The number of amides is 1. The van der Waals surface area contributed by atoms with Crippen molar-refractivity contribution in [3.05, 3.63) is 18.3 Å². The third kappa shape index (κ3) is 3.82. The van der Waals surface area contributed by atoms with Gasteiger partial charge in [-0.3, -0.25) is 4.79 Å². The highest BCUT2D eigenvalue weighted by molar-refractivity contribution is 7.99. The Balaban J connectivity index is 1.63. The molecule has 1 aromatic heterocycles. The molecule has 1 amide bonds. The van der Waals surface area contributed by atoms with E-state index in [-0.39, 0.29) is 5.91 Å². The molecule has 0 radical (unpaired) electrons. The third-order valence-electron chi connectivity index (χ3n) is 4.74. The molecule has 0 spiro atoms. The second-order valence-electron chi connectivity index (χ2n) is 6.35. The highest BCUT2D eigenvalue weighted by atomic mass is 32.2. The van der Waals surface area contributed by atoms with Crippen LogP contribution in [0.4, 0.5) is 5.69 Å². The van der Waals surface area contributed by atoms with Gasteiger partial charge in [0.05, 0.1) is 5.69 Å². The van der Waals surface area contributed by atoms with E-state index in [2.05, 4.69) is 15.2 Å². The predicted molar refractivity (Wildman–Crippen MR) is 91.2 cm³/mol. The lowest BCUT2D eigenvalue weighted by molar-refractivity contribution is -0.114. The monoisotopic (exact) mass is 319 g/mol. The molecule has 1 aromatic rings. The van der Waals surface area contributed by atoms with Gasteiger partial charge in [0.25, 0.3) is 0 Å². The zero-order valence-electron chi connectivity index (χ0n) is 13.3. The standard InChI is InChI=1S/C17H25N3OS/c1-13(21)19-15-7-4-9-18-17(15)22-12-14-6-5-11-20-10-3-2-8-16(14)20/h4,7,9,14,16H,2-3,5-6,8,10-12H2,1H3,(H,19,21)/t14-,16+/m0/s1. The molecule has 0 saturated carbocycles. The summed E-state index contributed by atoms with van der Waals surface area (Å²) >= 11 is 1.80. The molecule has 0 unspecified atom stereocenters. The van der Waals surface area contributed by atoms with Crippen LogP contribution in [-0.4, -0.2) is 40.7 Å². The van der Waals surface area contributed by atoms with Gasteiger partial charge in [0.2, 0.25) is 5.91 Å². The van der Waals surface area contributed by atoms with Crippen molar-refractivity contribution in [1.82, 2.24) is 9.88 Å². The number of hydrogen-bond acceptors (Lipinski definition) is 4. The van der Waals surface area contributed by atoms with Gasteiger partial charge in [0, 0.05) is 24.9 Å². The second kappa shape index (κ2) is 7.47. The summed E-state index contributed by atoms with van der Waals surface area (Å²) in [6, 6.07) is 4.58. The van der Waals surface area contributed by atoms with Crippen molar-refractivity contribution >= 4 is 23.4 Å². The van der Waals surface area contributed by atoms with Crippen LogP contribution < -0.4 is 5.32 Å². The Morgan fingerprint density at radius 2 is 2.23 bits per heavy atom. The summed E-state index contributed by atoms with van der Waals surface area (Å²) in [6.07, 6.45) is 8.55. The van der Waals surface area contributed by atoms with Gasteiger partial charge >= 0.3 is 0 Å². The van der Waals surface area contributed by atoms with Gasteiger partial charge in [0.15, 0.2) is 0 Å². The summed E-state index contributed by atoms with van der Waals surface area (Å²) in [7, 11) is 0. The largest absolute Gasteiger partial charge is 0.324 e. The van der Waals surface area contributed by atoms with Crippen molar-refractivity contribution in [2.45, 2.75) is 50.1 Å². The van der Waals surface area contributed by atoms with Crippen molar-refractivity contribution in [2.75, 3.05) is 24.2 Å². The molecule has 0 bridgehead atoms. The number of hydrogen-bond donors (Lipinski definition) is 1. The smallest absolute Gasteiger partial charge is 0.221 e. The summed E-state index contributed by atoms with van der Waals surface area (Å²) in [5, 5.41) is 3.83. The first kappa shape index (κ1) is 15.8. The zero-order chi connectivity index (χ0) is 15.4. The van der Waals surface area contributed by atoms with Crippen LogP contribution in [-0.2, 0) is 4.79 Å². The lowest BCUT2D eigenvalue weighted by Crippen LogP contribution is -2.48. The van der Waals surface area contributed by atoms with E-state index in [1.165, 1.54) is 45.2 Å². The molecule has 3 rings (SSSR count). The fourth-order valence-electron chi connectivity index (χ4n) is 3.75. The molecule has 2 atom stereocenters. The SMILES string of the molecule is CC(=O)Nc1cccnc1SC[C@@H]1CCCN2CCCC[C@H]12. The van der Waals surface area contributed by atoms with Gasteiger partial charge < -0.3 is 10.2 Å². The Labute approximate surface area is 137 Å². The number of anilines is 1. The maximum Gasteiger partial charge on any atom is 0.221 e. The van der Waals surface area contributed by atoms with Gasteiger partial charge in [-0.25, -0.2) is 4.98 Å². The van der Waals surface area contributed by atoms with Crippen LogP contribution in [0.15, 0.2) is 23.4 Å². The van der Waals surface area contributed by atoms with Crippen LogP contribution in [0.25, 0.3) is 0 Å². The summed E-state index contributed by atoms with van der Waals surface area (Å²) in [5.41, 5.74) is 0.844. The highest BCUT2D eigenvalue weighted by Crippen LogP contribution is 2.35. The van der Waals surface area contributed by atoms with Gasteiger partial charge in [-0.05, 0) is 56.8 Å². The number of piperidine rings is 2. The topological polar surface area (TPSA) is 45.2 Å². The second-order valence-corrected chi connectivity index (χ2v) is 7.36. The molecule has 5 heteroatoms. The molecule has 4 nitrogen and oxygen atoms in total.